The Morgan fingerprint density at radius 2 is 1.90 bits per heavy atom. The van der Waals surface area contributed by atoms with E-state index in [4.69, 9.17) is 16.3 Å². The highest BCUT2D eigenvalue weighted by atomic mass is 35.5. The lowest BCUT2D eigenvalue weighted by Gasteiger charge is -2.13. The number of benzene rings is 1. The van der Waals surface area contributed by atoms with Gasteiger partial charge in [0.2, 0.25) is 0 Å². The minimum absolute atomic E-state index is 0.0236. The van der Waals surface area contributed by atoms with Crippen LogP contribution in [0.2, 0.25) is 5.15 Å². The van der Waals surface area contributed by atoms with E-state index in [9.17, 15) is 17.6 Å². The van der Waals surface area contributed by atoms with Crippen molar-refractivity contribution in [1.29, 1.82) is 0 Å². The van der Waals surface area contributed by atoms with Gasteiger partial charge in [-0.2, -0.15) is 13.2 Å². The number of rotatable bonds is 3. The van der Waals surface area contributed by atoms with Gasteiger partial charge in [0, 0.05) is 12.7 Å². The Morgan fingerprint density at radius 3 is 2.52 bits per heavy atom. The first kappa shape index (κ1) is 15.7. The third-order valence-electron chi connectivity index (χ3n) is 2.57. The fourth-order valence-corrected chi connectivity index (χ4v) is 1.96. The molecule has 8 heteroatoms. The smallest absolute Gasteiger partial charge is 0.378 e. The van der Waals surface area contributed by atoms with E-state index >= 15 is 0 Å². The molecule has 1 aromatic carbocycles. The molecule has 0 radical (unpaired) electrons. The van der Waals surface area contributed by atoms with Crippen LogP contribution >= 0.6 is 11.6 Å². The van der Waals surface area contributed by atoms with E-state index in [-0.39, 0.29) is 23.1 Å². The predicted molar refractivity (Wildman–Crippen MR) is 68.2 cm³/mol. The fraction of sp³-hybridized carbons (Fsp3) is 0.231. The molecule has 2 rings (SSSR count). The summed E-state index contributed by atoms with van der Waals surface area (Å²) >= 11 is 5.77. The first-order valence-electron chi connectivity index (χ1n) is 5.71. The number of hydrogen-bond donors (Lipinski definition) is 0. The van der Waals surface area contributed by atoms with Crippen molar-refractivity contribution < 1.29 is 22.3 Å². The second-order valence-corrected chi connectivity index (χ2v) is 4.51. The number of methoxy groups -OCH3 is 1. The number of hydrogen-bond acceptors (Lipinski definition) is 3. The van der Waals surface area contributed by atoms with Gasteiger partial charge in [-0.1, -0.05) is 11.6 Å². The first-order chi connectivity index (χ1) is 9.81. The topological polar surface area (TPSA) is 35.0 Å². The molecule has 1 aromatic heterocycles. The largest absolute Gasteiger partial charge is 0.417 e. The van der Waals surface area contributed by atoms with Crippen LogP contribution < -0.4 is 0 Å². The minimum atomic E-state index is -4.73. The zero-order chi connectivity index (χ0) is 15.6. The highest BCUT2D eigenvalue weighted by Gasteiger charge is 2.35. The lowest BCUT2D eigenvalue weighted by atomic mass is 10.1. The van der Waals surface area contributed by atoms with Gasteiger partial charge >= 0.3 is 6.18 Å². The van der Waals surface area contributed by atoms with Crippen LogP contribution in [0.25, 0.3) is 11.4 Å². The second kappa shape index (κ2) is 5.95. The molecule has 0 aliphatic heterocycles. The zero-order valence-corrected chi connectivity index (χ0v) is 11.5. The number of halogens is 5. The van der Waals surface area contributed by atoms with Gasteiger partial charge in [0.15, 0.2) is 5.82 Å². The van der Waals surface area contributed by atoms with Crippen molar-refractivity contribution in [2.24, 2.45) is 0 Å². The van der Waals surface area contributed by atoms with E-state index in [1.165, 1.54) is 13.2 Å². The Hall–Kier alpha value is -1.73. The van der Waals surface area contributed by atoms with Crippen molar-refractivity contribution in [3.8, 4) is 11.4 Å². The Balaban J connectivity index is 2.61. The molecule has 0 spiro atoms. The van der Waals surface area contributed by atoms with Crippen molar-refractivity contribution in [3.63, 3.8) is 0 Å². The standard InChI is InChI=1S/C13H9ClF4N2O/c1-21-6-8-5-11(14)20-12(19-8)9-3-2-7(15)4-10(9)13(16,17)18/h2-5H,6H2,1H3. The summed E-state index contributed by atoms with van der Waals surface area (Å²) in [5, 5.41) is -0.0236. The molecule has 2 aromatic rings. The van der Waals surface area contributed by atoms with E-state index in [1.54, 1.807) is 0 Å². The summed E-state index contributed by atoms with van der Waals surface area (Å²) < 4.78 is 56.9. The quantitative estimate of drug-likeness (QED) is 0.631. The van der Waals surface area contributed by atoms with Crippen molar-refractivity contribution in [2.75, 3.05) is 7.11 Å². The fourth-order valence-electron chi connectivity index (χ4n) is 1.75. The third kappa shape index (κ3) is 3.68. The molecule has 21 heavy (non-hydrogen) atoms. The van der Waals surface area contributed by atoms with E-state index in [0.717, 1.165) is 12.1 Å². The number of nitrogens with zero attached hydrogens (tertiary/aromatic N) is 2. The van der Waals surface area contributed by atoms with E-state index < -0.39 is 17.6 Å². The van der Waals surface area contributed by atoms with E-state index in [1.807, 2.05) is 0 Å². The SMILES string of the molecule is COCc1cc(Cl)nc(-c2ccc(F)cc2C(F)(F)F)n1. The molecule has 112 valence electrons. The van der Waals surface area contributed by atoms with Crippen LogP contribution in [0.5, 0.6) is 0 Å². The molecular formula is C13H9ClF4N2O. The van der Waals surface area contributed by atoms with Crippen LogP contribution in [0, 0.1) is 5.82 Å². The maximum Gasteiger partial charge on any atom is 0.417 e. The Labute approximate surface area is 122 Å². The zero-order valence-electron chi connectivity index (χ0n) is 10.7. The average molecular weight is 321 g/mol. The van der Waals surface area contributed by atoms with Crippen LogP contribution in [0.15, 0.2) is 24.3 Å². The predicted octanol–water partition coefficient (Wildman–Crippen LogP) is 4.10. The Morgan fingerprint density at radius 1 is 1.19 bits per heavy atom. The van der Waals surface area contributed by atoms with Gasteiger partial charge in [-0.25, -0.2) is 14.4 Å². The molecule has 0 bridgehead atoms. The number of aromatic nitrogens is 2. The van der Waals surface area contributed by atoms with Gasteiger partial charge in [-0.05, 0) is 24.3 Å². The van der Waals surface area contributed by atoms with E-state index in [0.29, 0.717) is 11.8 Å². The molecule has 0 aliphatic carbocycles. The van der Waals surface area contributed by atoms with Crippen molar-refractivity contribution in [2.45, 2.75) is 12.8 Å². The molecule has 1 heterocycles. The summed E-state index contributed by atoms with van der Waals surface area (Å²) in [6.45, 7) is 0.0672. The van der Waals surface area contributed by atoms with Crippen LogP contribution in [0.1, 0.15) is 11.3 Å². The molecule has 0 N–H and O–H groups in total. The van der Waals surface area contributed by atoms with Gasteiger partial charge in [0.25, 0.3) is 0 Å². The molecule has 0 saturated carbocycles. The van der Waals surface area contributed by atoms with Crippen molar-refractivity contribution in [3.05, 3.63) is 46.5 Å². The molecule has 0 amide bonds. The van der Waals surface area contributed by atoms with Crippen LogP contribution in [0.3, 0.4) is 0 Å². The van der Waals surface area contributed by atoms with Crippen LogP contribution in [-0.2, 0) is 17.5 Å². The summed E-state index contributed by atoms with van der Waals surface area (Å²) in [5.74, 6) is -1.23. The van der Waals surface area contributed by atoms with Crippen molar-refractivity contribution in [1.82, 2.24) is 9.97 Å². The number of alkyl halides is 3. The van der Waals surface area contributed by atoms with Crippen LogP contribution in [-0.4, -0.2) is 17.1 Å². The Bertz CT molecular complexity index is 661. The van der Waals surface area contributed by atoms with E-state index in [2.05, 4.69) is 9.97 Å². The highest BCUT2D eigenvalue weighted by Crippen LogP contribution is 2.36. The maximum atomic E-state index is 13.1. The highest BCUT2D eigenvalue weighted by molar-refractivity contribution is 6.29. The molecule has 0 atom stereocenters. The summed E-state index contributed by atoms with van der Waals surface area (Å²) in [7, 11) is 1.41. The van der Waals surface area contributed by atoms with Gasteiger partial charge < -0.3 is 4.74 Å². The van der Waals surface area contributed by atoms with Gasteiger partial charge in [0.1, 0.15) is 11.0 Å². The van der Waals surface area contributed by atoms with Gasteiger partial charge in [0.05, 0.1) is 17.9 Å². The molecule has 0 fully saturated rings. The summed E-state index contributed by atoms with van der Waals surface area (Å²) in [4.78, 5) is 7.72. The van der Waals surface area contributed by atoms with Crippen LogP contribution in [0.4, 0.5) is 17.6 Å². The summed E-state index contributed by atoms with van der Waals surface area (Å²) in [5.41, 5.74) is -1.18. The molecule has 3 nitrogen and oxygen atoms in total. The molecular weight excluding hydrogens is 312 g/mol. The normalized spacial score (nSPS) is 11.7. The average Bonchev–Trinajstić information content (AvgIpc) is 2.37. The number of ether oxygens (including phenoxy) is 1. The second-order valence-electron chi connectivity index (χ2n) is 4.13. The molecule has 0 saturated heterocycles. The molecule has 0 unspecified atom stereocenters. The van der Waals surface area contributed by atoms with Gasteiger partial charge in [-0.3, -0.25) is 0 Å². The Kier molecular flexibility index (Phi) is 4.43. The lowest BCUT2D eigenvalue weighted by molar-refractivity contribution is -0.137. The van der Waals surface area contributed by atoms with Gasteiger partial charge in [-0.15, -0.1) is 0 Å². The first-order valence-corrected chi connectivity index (χ1v) is 6.08. The third-order valence-corrected chi connectivity index (χ3v) is 2.76. The summed E-state index contributed by atoms with van der Waals surface area (Å²) in [6.07, 6.45) is -4.73. The molecule has 0 aliphatic rings. The summed E-state index contributed by atoms with van der Waals surface area (Å²) in [6, 6.07) is 3.66. The maximum absolute atomic E-state index is 13.1. The monoisotopic (exact) mass is 320 g/mol. The minimum Gasteiger partial charge on any atom is -0.378 e. The van der Waals surface area contributed by atoms with Crippen molar-refractivity contribution >= 4 is 11.6 Å². The lowest BCUT2D eigenvalue weighted by Crippen LogP contribution is -2.09.